The van der Waals surface area contributed by atoms with Gasteiger partial charge in [-0.05, 0) is 35.6 Å². The Bertz CT molecular complexity index is 700. The Morgan fingerprint density at radius 1 is 1.25 bits per heavy atom. The fraction of sp³-hybridized carbons (Fsp3) is 0.350. The lowest BCUT2D eigenvalue weighted by molar-refractivity contribution is -0.129. The van der Waals surface area contributed by atoms with E-state index in [0.717, 1.165) is 24.1 Å². The number of hydrogen-bond acceptors (Lipinski definition) is 3. The van der Waals surface area contributed by atoms with Crippen molar-refractivity contribution in [3.63, 3.8) is 0 Å². The van der Waals surface area contributed by atoms with Crippen molar-refractivity contribution < 1.29 is 9.90 Å². The molecule has 0 radical (unpaired) electrons. The van der Waals surface area contributed by atoms with Crippen LogP contribution in [0.2, 0.25) is 0 Å². The number of aryl methyl sites for hydroxylation is 1. The minimum Gasteiger partial charge on any atom is -0.395 e. The highest BCUT2D eigenvalue weighted by Gasteiger charge is 2.19. The molecule has 1 atom stereocenters. The molecule has 3 rings (SSSR count). The van der Waals surface area contributed by atoms with Crippen molar-refractivity contribution in [1.82, 2.24) is 4.90 Å². The number of rotatable bonds is 5. The summed E-state index contributed by atoms with van der Waals surface area (Å²) in [6.07, 6.45) is 2.45. The maximum Gasteiger partial charge on any atom is 0.226 e. The highest BCUT2D eigenvalue weighted by atomic mass is 16.3. The molecule has 0 saturated carbocycles. The van der Waals surface area contributed by atoms with E-state index in [0.29, 0.717) is 19.0 Å². The molecule has 2 aromatic rings. The average molecular weight is 324 g/mol. The lowest BCUT2D eigenvalue weighted by Crippen LogP contribution is -2.30. The number of fused-ring (bicyclic) bond motifs is 1. The topological polar surface area (TPSA) is 52.6 Å². The van der Waals surface area contributed by atoms with E-state index in [2.05, 4.69) is 41.7 Å². The molecule has 0 aromatic heterocycles. The summed E-state index contributed by atoms with van der Waals surface area (Å²) in [6.45, 7) is 0.376. The van der Waals surface area contributed by atoms with E-state index >= 15 is 0 Å². The van der Waals surface area contributed by atoms with Gasteiger partial charge in [-0.15, -0.1) is 0 Å². The molecule has 4 nitrogen and oxygen atoms in total. The molecule has 0 saturated heterocycles. The van der Waals surface area contributed by atoms with Crippen molar-refractivity contribution in [3.05, 3.63) is 65.2 Å². The molecule has 1 unspecified atom stereocenters. The summed E-state index contributed by atoms with van der Waals surface area (Å²) in [5.74, 6) is 0.0370. The van der Waals surface area contributed by atoms with Crippen LogP contribution in [0.3, 0.4) is 0 Å². The van der Waals surface area contributed by atoms with Crippen LogP contribution in [0.15, 0.2) is 48.5 Å². The van der Waals surface area contributed by atoms with E-state index in [4.69, 9.17) is 5.11 Å². The third-order valence-electron chi connectivity index (χ3n) is 4.62. The smallest absolute Gasteiger partial charge is 0.226 e. The maximum absolute atomic E-state index is 12.1. The first-order valence-corrected chi connectivity index (χ1v) is 8.45. The molecule has 0 fully saturated rings. The van der Waals surface area contributed by atoms with E-state index in [1.54, 1.807) is 11.9 Å². The van der Waals surface area contributed by atoms with Crippen LogP contribution in [0, 0.1) is 0 Å². The molecule has 0 bridgehead atoms. The van der Waals surface area contributed by atoms with Crippen LogP contribution in [-0.2, 0) is 17.6 Å². The fourth-order valence-corrected chi connectivity index (χ4v) is 3.18. The van der Waals surface area contributed by atoms with Crippen molar-refractivity contribution in [2.24, 2.45) is 0 Å². The number of carbonyl (C=O) groups is 1. The highest BCUT2D eigenvalue weighted by molar-refractivity contribution is 5.78. The first kappa shape index (κ1) is 16.5. The van der Waals surface area contributed by atoms with Gasteiger partial charge in [0.25, 0.3) is 0 Å². The van der Waals surface area contributed by atoms with Crippen LogP contribution < -0.4 is 5.32 Å². The van der Waals surface area contributed by atoms with Gasteiger partial charge >= 0.3 is 0 Å². The van der Waals surface area contributed by atoms with Crippen LogP contribution in [0.4, 0.5) is 5.69 Å². The minimum atomic E-state index is -0.00276. The van der Waals surface area contributed by atoms with Crippen molar-refractivity contribution in [3.8, 4) is 0 Å². The maximum atomic E-state index is 12.1. The zero-order chi connectivity index (χ0) is 16.9. The Balaban J connectivity index is 1.69. The monoisotopic (exact) mass is 324 g/mol. The van der Waals surface area contributed by atoms with Crippen molar-refractivity contribution in [2.45, 2.75) is 25.3 Å². The predicted molar refractivity (Wildman–Crippen MR) is 96.0 cm³/mol. The number of amides is 1. The summed E-state index contributed by atoms with van der Waals surface area (Å²) in [6, 6.07) is 17.1. The van der Waals surface area contributed by atoms with Gasteiger partial charge in [0.05, 0.1) is 19.1 Å². The fourth-order valence-electron chi connectivity index (χ4n) is 3.18. The lowest BCUT2D eigenvalue weighted by Gasteiger charge is -2.28. The predicted octanol–water partition coefficient (Wildman–Crippen LogP) is 2.78. The molecule has 1 amide bonds. The van der Waals surface area contributed by atoms with Crippen LogP contribution in [0.5, 0.6) is 0 Å². The van der Waals surface area contributed by atoms with Crippen molar-refractivity contribution in [2.75, 3.05) is 25.5 Å². The Morgan fingerprint density at radius 2 is 2.04 bits per heavy atom. The second kappa shape index (κ2) is 7.49. The molecule has 24 heavy (non-hydrogen) atoms. The van der Waals surface area contributed by atoms with Gasteiger partial charge in [0.15, 0.2) is 0 Å². The Hall–Kier alpha value is -2.33. The number of aliphatic hydroxyl groups excluding tert-OH is 1. The van der Waals surface area contributed by atoms with Gasteiger partial charge in [-0.1, -0.05) is 42.5 Å². The second-order valence-electron chi connectivity index (χ2n) is 6.35. The molecule has 1 aliphatic rings. The quantitative estimate of drug-likeness (QED) is 0.889. The number of benzene rings is 2. The standard InChI is InChI=1S/C20H24N2O2/c1-22(11-12-23)20(24)14-15-7-9-19-17(13-15)8-10-18(21-19)16-5-3-2-4-6-16/h2-7,9,13,18,21,23H,8,10-12,14H2,1H3. The number of likely N-dealkylation sites (N-methyl/N-ethyl adjacent to an activating group) is 1. The SMILES string of the molecule is CN(CCO)C(=O)Cc1ccc2c(c1)CCC(c1ccccc1)N2. The zero-order valence-corrected chi connectivity index (χ0v) is 14.0. The number of hydrogen-bond donors (Lipinski definition) is 2. The summed E-state index contributed by atoms with van der Waals surface area (Å²) in [7, 11) is 1.73. The number of aliphatic hydroxyl groups is 1. The van der Waals surface area contributed by atoms with E-state index in [9.17, 15) is 4.79 Å². The van der Waals surface area contributed by atoms with Crippen molar-refractivity contribution >= 4 is 11.6 Å². The van der Waals surface area contributed by atoms with E-state index in [1.165, 1.54) is 11.1 Å². The first-order chi connectivity index (χ1) is 11.7. The Labute approximate surface area is 143 Å². The third-order valence-corrected chi connectivity index (χ3v) is 4.62. The van der Waals surface area contributed by atoms with Gasteiger partial charge in [-0.2, -0.15) is 0 Å². The molecule has 0 spiro atoms. The van der Waals surface area contributed by atoms with E-state index < -0.39 is 0 Å². The molecular weight excluding hydrogens is 300 g/mol. The molecular formula is C20H24N2O2. The number of carbonyl (C=O) groups excluding carboxylic acids is 1. The van der Waals surface area contributed by atoms with Gasteiger partial charge < -0.3 is 15.3 Å². The van der Waals surface area contributed by atoms with E-state index in [1.807, 2.05) is 12.1 Å². The van der Waals surface area contributed by atoms with Crippen LogP contribution in [-0.4, -0.2) is 36.1 Å². The van der Waals surface area contributed by atoms with E-state index in [-0.39, 0.29) is 12.5 Å². The zero-order valence-electron chi connectivity index (χ0n) is 14.0. The lowest BCUT2D eigenvalue weighted by atomic mass is 9.92. The summed E-state index contributed by atoms with van der Waals surface area (Å²) in [5.41, 5.74) is 4.78. The molecule has 2 N–H and O–H groups in total. The second-order valence-corrected chi connectivity index (χ2v) is 6.35. The Kier molecular flexibility index (Phi) is 5.16. The van der Waals surface area contributed by atoms with Crippen LogP contribution in [0.1, 0.15) is 29.2 Å². The van der Waals surface area contributed by atoms with Gasteiger partial charge in [-0.25, -0.2) is 0 Å². The molecule has 2 aromatic carbocycles. The molecule has 1 heterocycles. The third kappa shape index (κ3) is 3.77. The summed E-state index contributed by atoms with van der Waals surface area (Å²) >= 11 is 0. The highest BCUT2D eigenvalue weighted by Crippen LogP contribution is 2.33. The van der Waals surface area contributed by atoms with Crippen LogP contribution in [0.25, 0.3) is 0 Å². The van der Waals surface area contributed by atoms with Gasteiger partial charge in [0.2, 0.25) is 5.91 Å². The summed E-state index contributed by atoms with van der Waals surface area (Å²) in [5, 5.41) is 12.5. The number of anilines is 1. The first-order valence-electron chi connectivity index (χ1n) is 8.45. The molecule has 1 aliphatic heterocycles. The summed E-state index contributed by atoms with van der Waals surface area (Å²) in [4.78, 5) is 13.7. The van der Waals surface area contributed by atoms with Gasteiger partial charge in [0.1, 0.15) is 0 Å². The van der Waals surface area contributed by atoms with Gasteiger partial charge in [0, 0.05) is 19.3 Å². The number of nitrogens with one attached hydrogen (secondary N) is 1. The van der Waals surface area contributed by atoms with Crippen LogP contribution >= 0.6 is 0 Å². The van der Waals surface area contributed by atoms with Gasteiger partial charge in [-0.3, -0.25) is 4.79 Å². The normalized spacial score (nSPS) is 16.2. The summed E-state index contributed by atoms with van der Waals surface area (Å²) < 4.78 is 0. The molecule has 126 valence electrons. The Morgan fingerprint density at radius 3 is 2.79 bits per heavy atom. The molecule has 4 heteroatoms. The average Bonchev–Trinajstić information content (AvgIpc) is 2.62. The minimum absolute atomic E-state index is 0.00276. The number of nitrogens with zero attached hydrogens (tertiary/aromatic N) is 1. The largest absolute Gasteiger partial charge is 0.395 e. The van der Waals surface area contributed by atoms with Crippen molar-refractivity contribution in [1.29, 1.82) is 0 Å². The molecule has 0 aliphatic carbocycles.